The average Bonchev–Trinajstić information content (AvgIpc) is 3.32. The SMILES string of the molecule is CCCCCCCCCCn1nc(-c2ccc(Cl)cc2Cl)cc1-c1c(Cl)cc(Cl)cc1OCc1ccccc1. The van der Waals surface area contributed by atoms with E-state index in [1.165, 1.54) is 38.5 Å². The molecule has 4 aromatic rings. The molecule has 0 bridgehead atoms. The van der Waals surface area contributed by atoms with Gasteiger partial charge in [0.15, 0.2) is 0 Å². The first-order chi connectivity index (χ1) is 19.0. The van der Waals surface area contributed by atoms with Crippen molar-refractivity contribution in [1.82, 2.24) is 9.78 Å². The number of ether oxygens (including phenoxy) is 1. The molecule has 3 aromatic carbocycles. The van der Waals surface area contributed by atoms with Crippen LogP contribution in [0.2, 0.25) is 20.1 Å². The molecule has 3 nitrogen and oxygen atoms in total. The Balaban J connectivity index is 1.63. The van der Waals surface area contributed by atoms with Crippen LogP contribution in [-0.4, -0.2) is 9.78 Å². The molecule has 0 fully saturated rings. The number of aryl methyl sites for hydroxylation is 1. The standard InChI is InChI=1S/C32H34Cl4N2O/c1-2-3-4-5-6-7-8-12-17-38-30(21-29(37-38)26-16-15-24(33)18-27(26)35)32-28(36)19-25(34)20-31(32)39-22-23-13-10-9-11-14-23/h9-11,13-16,18-21H,2-8,12,17,22H2,1H3. The molecule has 0 aliphatic rings. The van der Waals surface area contributed by atoms with Crippen molar-refractivity contribution in [2.45, 2.75) is 71.4 Å². The van der Waals surface area contributed by atoms with E-state index in [4.69, 9.17) is 56.2 Å². The van der Waals surface area contributed by atoms with Gasteiger partial charge in [0.05, 0.1) is 27.0 Å². The molecular weight excluding hydrogens is 570 g/mol. The van der Waals surface area contributed by atoms with Gasteiger partial charge in [0.1, 0.15) is 12.4 Å². The molecule has 39 heavy (non-hydrogen) atoms. The third-order valence-electron chi connectivity index (χ3n) is 6.72. The van der Waals surface area contributed by atoms with Crippen molar-refractivity contribution >= 4 is 46.4 Å². The largest absolute Gasteiger partial charge is 0.488 e. The number of hydrogen-bond donors (Lipinski definition) is 0. The Bertz CT molecular complexity index is 1350. The van der Waals surface area contributed by atoms with E-state index in [1.54, 1.807) is 12.1 Å². The van der Waals surface area contributed by atoms with Crippen molar-refractivity contribution in [3.63, 3.8) is 0 Å². The summed E-state index contributed by atoms with van der Waals surface area (Å²) in [4.78, 5) is 0. The Kier molecular flexibility index (Phi) is 11.5. The molecule has 0 N–H and O–H groups in total. The second-order valence-electron chi connectivity index (χ2n) is 9.77. The van der Waals surface area contributed by atoms with E-state index in [-0.39, 0.29) is 0 Å². The Morgan fingerprint density at radius 3 is 2.13 bits per heavy atom. The summed E-state index contributed by atoms with van der Waals surface area (Å²) in [6, 6.07) is 21.1. The molecule has 0 spiro atoms. The number of benzene rings is 3. The van der Waals surface area contributed by atoms with Crippen LogP contribution in [0.3, 0.4) is 0 Å². The summed E-state index contributed by atoms with van der Waals surface area (Å²) in [5, 5.41) is 7.13. The molecule has 4 rings (SSSR count). The lowest BCUT2D eigenvalue weighted by atomic mass is 10.1. The summed E-state index contributed by atoms with van der Waals surface area (Å²) in [5.41, 5.74) is 4.25. The number of hydrogen-bond acceptors (Lipinski definition) is 2. The van der Waals surface area contributed by atoms with Crippen molar-refractivity contribution in [2.75, 3.05) is 0 Å². The molecule has 0 saturated carbocycles. The topological polar surface area (TPSA) is 27.1 Å². The van der Waals surface area contributed by atoms with Gasteiger partial charge in [0, 0.05) is 22.2 Å². The Morgan fingerprint density at radius 1 is 0.718 bits per heavy atom. The predicted octanol–water partition coefficient (Wildman–Crippen LogP) is 11.6. The lowest BCUT2D eigenvalue weighted by Gasteiger charge is -2.15. The summed E-state index contributed by atoms with van der Waals surface area (Å²) in [6.07, 6.45) is 9.89. The zero-order chi connectivity index (χ0) is 27.6. The van der Waals surface area contributed by atoms with E-state index >= 15 is 0 Å². The molecule has 0 aliphatic carbocycles. The van der Waals surface area contributed by atoms with Gasteiger partial charge in [0.2, 0.25) is 0 Å². The first-order valence-corrected chi connectivity index (χ1v) is 15.2. The molecule has 0 radical (unpaired) electrons. The molecule has 0 amide bonds. The summed E-state index contributed by atoms with van der Waals surface area (Å²) in [5.74, 6) is 0.613. The first kappa shape index (κ1) is 29.8. The fourth-order valence-electron chi connectivity index (χ4n) is 4.66. The highest BCUT2D eigenvalue weighted by atomic mass is 35.5. The number of rotatable bonds is 14. The Labute approximate surface area is 252 Å². The third kappa shape index (κ3) is 8.41. The number of unbranched alkanes of at least 4 members (excludes halogenated alkanes) is 7. The summed E-state index contributed by atoms with van der Waals surface area (Å²) < 4.78 is 8.30. The number of aromatic nitrogens is 2. The van der Waals surface area contributed by atoms with Gasteiger partial charge in [-0.1, -0.05) is 129 Å². The van der Waals surface area contributed by atoms with Crippen LogP contribution in [0.1, 0.15) is 63.9 Å². The molecule has 1 aromatic heterocycles. The van der Waals surface area contributed by atoms with Gasteiger partial charge in [0.25, 0.3) is 0 Å². The maximum atomic E-state index is 6.83. The summed E-state index contributed by atoms with van der Waals surface area (Å²) >= 11 is 26.0. The predicted molar refractivity (Wildman–Crippen MR) is 167 cm³/mol. The summed E-state index contributed by atoms with van der Waals surface area (Å²) in [7, 11) is 0. The Morgan fingerprint density at radius 2 is 1.41 bits per heavy atom. The molecule has 0 atom stereocenters. The van der Waals surface area contributed by atoms with E-state index < -0.39 is 0 Å². The first-order valence-electron chi connectivity index (χ1n) is 13.7. The van der Waals surface area contributed by atoms with Crippen molar-refractivity contribution in [2.24, 2.45) is 0 Å². The van der Waals surface area contributed by atoms with E-state index in [9.17, 15) is 0 Å². The fourth-order valence-corrected chi connectivity index (χ4v) is 5.74. The maximum Gasteiger partial charge on any atom is 0.132 e. The minimum atomic E-state index is 0.395. The zero-order valence-corrected chi connectivity index (χ0v) is 25.3. The van der Waals surface area contributed by atoms with E-state index in [0.29, 0.717) is 32.4 Å². The average molecular weight is 604 g/mol. The van der Waals surface area contributed by atoms with Crippen molar-refractivity contribution < 1.29 is 4.74 Å². The van der Waals surface area contributed by atoms with Crippen LogP contribution in [0.25, 0.3) is 22.5 Å². The maximum absolute atomic E-state index is 6.83. The van der Waals surface area contributed by atoms with Crippen LogP contribution in [0.15, 0.2) is 66.7 Å². The molecule has 206 valence electrons. The van der Waals surface area contributed by atoms with Crippen LogP contribution in [0.4, 0.5) is 0 Å². The molecule has 0 unspecified atom stereocenters. The van der Waals surface area contributed by atoms with Gasteiger partial charge in [-0.15, -0.1) is 0 Å². The molecule has 0 aliphatic heterocycles. The van der Waals surface area contributed by atoms with Gasteiger partial charge in [-0.2, -0.15) is 5.10 Å². The molecule has 1 heterocycles. The van der Waals surface area contributed by atoms with Crippen molar-refractivity contribution in [3.05, 3.63) is 92.4 Å². The minimum Gasteiger partial charge on any atom is -0.488 e. The van der Waals surface area contributed by atoms with E-state index in [2.05, 4.69) is 6.92 Å². The van der Waals surface area contributed by atoms with E-state index in [0.717, 1.165) is 47.5 Å². The van der Waals surface area contributed by atoms with Crippen LogP contribution in [-0.2, 0) is 13.2 Å². The molecular formula is C32H34Cl4N2O. The van der Waals surface area contributed by atoms with Gasteiger partial charge in [-0.25, -0.2) is 0 Å². The normalized spacial score (nSPS) is 11.2. The van der Waals surface area contributed by atoms with Gasteiger partial charge < -0.3 is 4.74 Å². The Hall–Kier alpha value is -2.17. The van der Waals surface area contributed by atoms with Crippen molar-refractivity contribution in [3.8, 4) is 28.3 Å². The van der Waals surface area contributed by atoms with Gasteiger partial charge in [-0.3, -0.25) is 4.68 Å². The second-order valence-corrected chi connectivity index (χ2v) is 11.5. The lowest BCUT2D eigenvalue weighted by Crippen LogP contribution is -2.05. The monoisotopic (exact) mass is 602 g/mol. The van der Waals surface area contributed by atoms with Crippen LogP contribution in [0, 0.1) is 0 Å². The van der Waals surface area contributed by atoms with Gasteiger partial charge in [-0.05, 0) is 48.4 Å². The zero-order valence-electron chi connectivity index (χ0n) is 22.2. The van der Waals surface area contributed by atoms with Crippen LogP contribution < -0.4 is 4.74 Å². The van der Waals surface area contributed by atoms with E-state index in [1.807, 2.05) is 59.3 Å². The third-order valence-corrected chi connectivity index (χ3v) is 7.79. The molecule has 7 heteroatoms. The highest BCUT2D eigenvalue weighted by Crippen LogP contribution is 2.42. The second kappa shape index (κ2) is 15.0. The fraction of sp³-hybridized carbons (Fsp3) is 0.344. The van der Waals surface area contributed by atoms with Crippen molar-refractivity contribution in [1.29, 1.82) is 0 Å². The molecule has 0 saturated heterocycles. The number of halogens is 4. The highest BCUT2D eigenvalue weighted by molar-refractivity contribution is 6.37. The number of nitrogens with zero attached hydrogens (tertiary/aromatic N) is 2. The smallest absolute Gasteiger partial charge is 0.132 e. The highest BCUT2D eigenvalue weighted by Gasteiger charge is 2.20. The lowest BCUT2D eigenvalue weighted by molar-refractivity contribution is 0.307. The quantitative estimate of drug-likeness (QED) is 0.134. The van der Waals surface area contributed by atoms with Gasteiger partial charge >= 0.3 is 0 Å². The minimum absolute atomic E-state index is 0.395. The van der Waals surface area contributed by atoms with Crippen LogP contribution >= 0.6 is 46.4 Å². The van der Waals surface area contributed by atoms with Crippen LogP contribution in [0.5, 0.6) is 5.75 Å². The summed E-state index contributed by atoms with van der Waals surface area (Å²) in [6.45, 7) is 3.40.